The van der Waals surface area contributed by atoms with Gasteiger partial charge in [-0.3, -0.25) is 0 Å². The van der Waals surface area contributed by atoms with Crippen molar-refractivity contribution in [2.75, 3.05) is 13.2 Å². The zero-order chi connectivity index (χ0) is 12.1. The highest BCUT2D eigenvalue weighted by molar-refractivity contribution is 5.29. The van der Waals surface area contributed by atoms with E-state index in [1.165, 1.54) is 0 Å². The summed E-state index contributed by atoms with van der Waals surface area (Å²) in [6.45, 7) is 6.89. The third-order valence-electron chi connectivity index (χ3n) is 1.55. The minimum atomic E-state index is -0.137. The van der Waals surface area contributed by atoms with Crippen LogP contribution in [-0.2, 0) is 9.47 Å². The third-order valence-corrected chi connectivity index (χ3v) is 1.55. The fourth-order valence-corrected chi connectivity index (χ4v) is 0.894. The molecule has 0 aliphatic rings. The molecule has 0 N–H and O–H groups in total. The van der Waals surface area contributed by atoms with Gasteiger partial charge in [-0.25, -0.2) is 0 Å². The maximum atomic E-state index is 5.36. The minimum Gasteiger partial charge on any atom is -0.353 e. The average molecular weight is 218 g/mol. The first-order valence-electron chi connectivity index (χ1n) is 5.36. The molecular weight excluding hydrogens is 200 g/mol. The summed E-state index contributed by atoms with van der Waals surface area (Å²) >= 11 is 0. The Kier molecular flexibility index (Phi) is 10.6. The second-order valence-electron chi connectivity index (χ2n) is 2.84. The summed E-state index contributed by atoms with van der Waals surface area (Å²) in [7, 11) is 0. The van der Waals surface area contributed by atoms with Gasteiger partial charge in [-0.1, -0.05) is 11.8 Å². The van der Waals surface area contributed by atoms with Crippen LogP contribution in [0, 0.1) is 23.7 Å². The molecular formula is C14H18O2. The fraction of sp³-hybridized carbons (Fsp3) is 0.500. The molecule has 0 heterocycles. The molecule has 2 nitrogen and oxygen atoms in total. The average Bonchev–Trinajstić information content (AvgIpc) is 2.27. The Morgan fingerprint density at radius 3 is 2.75 bits per heavy atom. The Morgan fingerprint density at radius 2 is 2.06 bits per heavy atom. The molecule has 1 unspecified atom stereocenters. The first-order valence-corrected chi connectivity index (χ1v) is 5.36. The van der Waals surface area contributed by atoms with Crippen molar-refractivity contribution in [3.8, 4) is 23.7 Å². The van der Waals surface area contributed by atoms with Crippen LogP contribution in [-0.4, -0.2) is 19.5 Å². The van der Waals surface area contributed by atoms with Crippen LogP contribution in [0.5, 0.6) is 0 Å². The maximum Gasteiger partial charge on any atom is 0.154 e. The van der Waals surface area contributed by atoms with Gasteiger partial charge in [0.2, 0.25) is 0 Å². The van der Waals surface area contributed by atoms with Crippen LogP contribution < -0.4 is 0 Å². The summed E-state index contributed by atoms with van der Waals surface area (Å²) < 4.78 is 10.6. The Bertz CT molecular complexity index is 340. The van der Waals surface area contributed by atoms with Crippen LogP contribution in [0.25, 0.3) is 0 Å². The van der Waals surface area contributed by atoms with E-state index in [0.29, 0.717) is 13.2 Å². The fourth-order valence-electron chi connectivity index (χ4n) is 0.894. The van der Waals surface area contributed by atoms with Crippen LogP contribution in [0.3, 0.4) is 0 Å². The topological polar surface area (TPSA) is 18.5 Å². The first-order chi connectivity index (χ1) is 7.81. The molecule has 2 heteroatoms. The lowest BCUT2D eigenvalue weighted by Gasteiger charge is -2.11. The second kappa shape index (κ2) is 11.6. The van der Waals surface area contributed by atoms with E-state index in [2.05, 4.69) is 29.4 Å². The van der Waals surface area contributed by atoms with Crippen LogP contribution in [0.2, 0.25) is 0 Å². The molecule has 0 bridgehead atoms. The van der Waals surface area contributed by atoms with Crippen molar-refractivity contribution >= 4 is 0 Å². The van der Waals surface area contributed by atoms with Gasteiger partial charge >= 0.3 is 0 Å². The maximum absolute atomic E-state index is 5.36. The molecule has 0 amide bonds. The van der Waals surface area contributed by atoms with Gasteiger partial charge in [-0.15, -0.1) is 5.73 Å². The van der Waals surface area contributed by atoms with Gasteiger partial charge in [0.25, 0.3) is 0 Å². The molecule has 16 heavy (non-hydrogen) atoms. The molecule has 0 saturated carbocycles. The van der Waals surface area contributed by atoms with Gasteiger partial charge in [-0.05, 0) is 45.1 Å². The first kappa shape index (κ1) is 14.6. The van der Waals surface area contributed by atoms with Crippen molar-refractivity contribution in [1.82, 2.24) is 0 Å². The number of rotatable bonds is 6. The molecule has 0 rings (SSSR count). The van der Waals surface area contributed by atoms with Crippen molar-refractivity contribution in [2.24, 2.45) is 0 Å². The minimum absolute atomic E-state index is 0.137. The Hall–Kier alpha value is -1.44. The zero-order valence-corrected chi connectivity index (χ0v) is 10.2. The Labute approximate surface area is 98.3 Å². The van der Waals surface area contributed by atoms with E-state index in [9.17, 15) is 0 Å². The van der Waals surface area contributed by atoms with Gasteiger partial charge in [0.15, 0.2) is 6.29 Å². The molecule has 0 aromatic rings. The lowest BCUT2D eigenvalue weighted by atomic mass is 10.4. The van der Waals surface area contributed by atoms with Crippen molar-refractivity contribution < 1.29 is 9.47 Å². The molecule has 0 aromatic heterocycles. The quantitative estimate of drug-likeness (QED) is 0.295. The van der Waals surface area contributed by atoms with E-state index < -0.39 is 0 Å². The normalized spacial score (nSPS) is 9.94. The third kappa shape index (κ3) is 10.6. The van der Waals surface area contributed by atoms with Crippen LogP contribution in [0.4, 0.5) is 0 Å². The molecule has 0 radical (unpaired) electrons. The molecule has 86 valence electrons. The Balaban J connectivity index is 3.61. The smallest absolute Gasteiger partial charge is 0.154 e. The number of ether oxygens (including phenoxy) is 2. The van der Waals surface area contributed by atoms with Gasteiger partial charge in [0.1, 0.15) is 0 Å². The predicted octanol–water partition coefficient (Wildman–Crippen LogP) is 2.51. The van der Waals surface area contributed by atoms with E-state index in [0.717, 1.165) is 6.42 Å². The van der Waals surface area contributed by atoms with Crippen molar-refractivity contribution in [1.29, 1.82) is 0 Å². The van der Waals surface area contributed by atoms with E-state index in [-0.39, 0.29) is 6.29 Å². The molecule has 0 spiro atoms. The summed E-state index contributed by atoms with van der Waals surface area (Å²) in [5.41, 5.74) is 2.94. The van der Waals surface area contributed by atoms with E-state index in [4.69, 9.17) is 9.47 Å². The molecule has 0 fully saturated rings. The lowest BCUT2D eigenvalue weighted by molar-refractivity contribution is -0.125. The van der Waals surface area contributed by atoms with Gasteiger partial charge < -0.3 is 9.47 Å². The molecule has 0 aromatic carbocycles. The summed E-state index contributed by atoms with van der Waals surface area (Å²) in [4.78, 5) is 0. The predicted molar refractivity (Wildman–Crippen MR) is 65.5 cm³/mol. The van der Waals surface area contributed by atoms with Gasteiger partial charge in [-0.2, -0.15) is 0 Å². The highest BCUT2D eigenvalue weighted by Crippen LogP contribution is 1.94. The SMILES string of the molecule is CC#CC#CC=C=CCCOC(C)OCC. The summed E-state index contributed by atoms with van der Waals surface area (Å²) in [5, 5.41) is 0. The number of hydrogen-bond donors (Lipinski definition) is 0. The molecule has 0 saturated heterocycles. The monoisotopic (exact) mass is 218 g/mol. The zero-order valence-electron chi connectivity index (χ0n) is 10.2. The van der Waals surface area contributed by atoms with Crippen molar-refractivity contribution in [3.05, 3.63) is 17.9 Å². The van der Waals surface area contributed by atoms with Crippen LogP contribution in [0.1, 0.15) is 27.2 Å². The van der Waals surface area contributed by atoms with Crippen LogP contribution >= 0.6 is 0 Å². The highest BCUT2D eigenvalue weighted by atomic mass is 16.7. The molecule has 0 aliphatic carbocycles. The lowest BCUT2D eigenvalue weighted by Crippen LogP contribution is -2.12. The number of hydrogen-bond acceptors (Lipinski definition) is 2. The van der Waals surface area contributed by atoms with E-state index in [1.54, 1.807) is 13.0 Å². The molecule has 1 atom stereocenters. The highest BCUT2D eigenvalue weighted by Gasteiger charge is 1.97. The molecule has 0 aliphatic heterocycles. The van der Waals surface area contributed by atoms with Crippen molar-refractivity contribution in [2.45, 2.75) is 33.5 Å². The largest absolute Gasteiger partial charge is 0.353 e. The van der Waals surface area contributed by atoms with Gasteiger partial charge in [0.05, 0.1) is 6.61 Å². The van der Waals surface area contributed by atoms with Crippen molar-refractivity contribution in [3.63, 3.8) is 0 Å². The second-order valence-corrected chi connectivity index (χ2v) is 2.84. The van der Waals surface area contributed by atoms with Gasteiger partial charge in [0, 0.05) is 12.7 Å². The van der Waals surface area contributed by atoms with Crippen LogP contribution in [0.15, 0.2) is 17.9 Å². The summed E-state index contributed by atoms with van der Waals surface area (Å²) in [6.07, 6.45) is 4.19. The summed E-state index contributed by atoms with van der Waals surface area (Å²) in [6, 6.07) is 0. The van der Waals surface area contributed by atoms with E-state index in [1.807, 2.05) is 19.9 Å². The van der Waals surface area contributed by atoms with E-state index >= 15 is 0 Å². The standard InChI is InChI=1S/C14H18O2/c1-4-6-7-8-9-10-11-12-13-16-14(3)15-5-2/h9,11,14H,5,12-13H2,1-3H3. The summed E-state index contributed by atoms with van der Waals surface area (Å²) in [5.74, 6) is 10.7. The Morgan fingerprint density at radius 1 is 1.25 bits per heavy atom.